The minimum absolute atomic E-state index is 0.166. The minimum atomic E-state index is -4.69. The van der Waals surface area contributed by atoms with Crippen LogP contribution in [-0.2, 0) is 10.9 Å². The molecule has 1 heterocycles. The zero-order valence-corrected chi connectivity index (χ0v) is 11.9. The van der Waals surface area contributed by atoms with Crippen LogP contribution in [0.3, 0.4) is 0 Å². The third-order valence-electron chi connectivity index (χ3n) is 2.70. The van der Waals surface area contributed by atoms with E-state index >= 15 is 0 Å². The van der Waals surface area contributed by atoms with Crippen LogP contribution in [0.5, 0.6) is 11.8 Å². The molecule has 0 atom stereocenters. The predicted octanol–water partition coefficient (Wildman–Crippen LogP) is 2.98. The Morgan fingerprint density at radius 3 is 2.58 bits per heavy atom. The second-order valence-electron chi connectivity index (χ2n) is 4.25. The van der Waals surface area contributed by atoms with Crippen molar-refractivity contribution in [2.24, 2.45) is 0 Å². The fourth-order valence-electron chi connectivity index (χ4n) is 1.66. The first-order valence-corrected chi connectivity index (χ1v) is 6.17. The molecule has 11 heteroatoms. The molecule has 1 aromatic heterocycles. The normalized spacial score (nSPS) is 11.0. The SMILES string of the molecule is COC(=O)c1cc(Oc2nccc(C(F)(F)F)n2)ccc1[N+](=O)[O-]. The number of nitro groups is 1. The summed E-state index contributed by atoms with van der Waals surface area (Å²) in [5.41, 5.74) is -2.19. The van der Waals surface area contributed by atoms with Crippen molar-refractivity contribution in [2.45, 2.75) is 6.18 Å². The van der Waals surface area contributed by atoms with Crippen LogP contribution in [0, 0.1) is 10.1 Å². The Bertz CT molecular complexity index is 795. The van der Waals surface area contributed by atoms with Crippen molar-refractivity contribution in [3.05, 3.63) is 51.8 Å². The minimum Gasteiger partial charge on any atom is -0.465 e. The molecular formula is C13H8F3N3O5. The second-order valence-corrected chi connectivity index (χ2v) is 4.25. The summed E-state index contributed by atoms with van der Waals surface area (Å²) in [5, 5.41) is 10.9. The summed E-state index contributed by atoms with van der Waals surface area (Å²) >= 11 is 0. The smallest absolute Gasteiger partial charge is 0.433 e. The highest BCUT2D eigenvalue weighted by Crippen LogP contribution is 2.30. The van der Waals surface area contributed by atoms with Gasteiger partial charge in [0.05, 0.1) is 12.0 Å². The lowest BCUT2D eigenvalue weighted by molar-refractivity contribution is -0.385. The summed E-state index contributed by atoms with van der Waals surface area (Å²) in [7, 11) is 1.02. The van der Waals surface area contributed by atoms with Crippen molar-refractivity contribution in [1.29, 1.82) is 0 Å². The third-order valence-corrected chi connectivity index (χ3v) is 2.70. The molecule has 0 saturated heterocycles. The van der Waals surface area contributed by atoms with E-state index in [9.17, 15) is 28.1 Å². The number of hydrogen-bond acceptors (Lipinski definition) is 7. The number of carbonyl (C=O) groups excluding carboxylic acids is 1. The Hall–Kier alpha value is -3.24. The molecule has 0 bridgehead atoms. The van der Waals surface area contributed by atoms with Crippen molar-refractivity contribution >= 4 is 11.7 Å². The zero-order valence-electron chi connectivity index (χ0n) is 11.9. The number of methoxy groups -OCH3 is 1. The second kappa shape index (κ2) is 6.48. The summed E-state index contributed by atoms with van der Waals surface area (Å²) in [6.45, 7) is 0. The van der Waals surface area contributed by atoms with E-state index in [2.05, 4.69) is 14.7 Å². The molecule has 0 saturated carbocycles. The van der Waals surface area contributed by atoms with E-state index in [1.807, 2.05) is 0 Å². The molecule has 1 aromatic carbocycles. The topological polar surface area (TPSA) is 104 Å². The van der Waals surface area contributed by atoms with Gasteiger partial charge >= 0.3 is 18.2 Å². The van der Waals surface area contributed by atoms with Crippen molar-refractivity contribution in [1.82, 2.24) is 9.97 Å². The standard InChI is InChI=1S/C13H8F3N3O5/c1-23-11(20)8-6-7(2-3-9(8)19(21)22)24-12-17-5-4-10(18-12)13(14,15)16/h2-6H,1H3. The monoisotopic (exact) mass is 343 g/mol. The molecule has 0 aliphatic carbocycles. The van der Waals surface area contributed by atoms with Crippen LogP contribution >= 0.6 is 0 Å². The number of halogens is 3. The Morgan fingerprint density at radius 1 is 1.29 bits per heavy atom. The number of nitro benzene ring substituents is 1. The van der Waals surface area contributed by atoms with Crippen LogP contribution in [0.2, 0.25) is 0 Å². The van der Waals surface area contributed by atoms with Gasteiger partial charge in [-0.2, -0.15) is 18.2 Å². The van der Waals surface area contributed by atoms with Crippen molar-refractivity contribution < 1.29 is 32.4 Å². The fraction of sp³-hybridized carbons (Fsp3) is 0.154. The van der Waals surface area contributed by atoms with E-state index in [4.69, 9.17) is 4.74 Å². The first kappa shape index (κ1) is 17.1. The van der Waals surface area contributed by atoms with Crippen LogP contribution in [-0.4, -0.2) is 28.0 Å². The highest BCUT2D eigenvalue weighted by Gasteiger charge is 2.33. The number of benzene rings is 1. The Morgan fingerprint density at radius 2 is 2.00 bits per heavy atom. The predicted molar refractivity (Wildman–Crippen MR) is 71.5 cm³/mol. The lowest BCUT2D eigenvalue weighted by Gasteiger charge is -2.08. The lowest BCUT2D eigenvalue weighted by Crippen LogP contribution is -2.09. The molecule has 0 radical (unpaired) electrons. The summed E-state index contributed by atoms with van der Waals surface area (Å²) in [6, 6.07) is 3.02. The molecule has 2 aromatic rings. The summed E-state index contributed by atoms with van der Waals surface area (Å²) in [4.78, 5) is 28.3. The number of aromatic nitrogens is 2. The lowest BCUT2D eigenvalue weighted by atomic mass is 10.1. The number of ether oxygens (including phenoxy) is 2. The maximum absolute atomic E-state index is 12.6. The van der Waals surface area contributed by atoms with Crippen LogP contribution < -0.4 is 4.74 Å². The van der Waals surface area contributed by atoms with Gasteiger partial charge in [0.1, 0.15) is 11.3 Å². The Balaban J connectivity index is 2.37. The van der Waals surface area contributed by atoms with Crippen LogP contribution in [0.4, 0.5) is 18.9 Å². The van der Waals surface area contributed by atoms with E-state index in [1.54, 1.807) is 0 Å². The summed E-state index contributed by atoms with van der Waals surface area (Å²) in [5.74, 6) is -1.17. The summed E-state index contributed by atoms with van der Waals surface area (Å²) in [6.07, 6.45) is -3.84. The molecule has 0 N–H and O–H groups in total. The van der Waals surface area contributed by atoms with Gasteiger partial charge < -0.3 is 9.47 Å². The first-order chi connectivity index (χ1) is 11.2. The molecular weight excluding hydrogens is 335 g/mol. The molecule has 0 aliphatic heterocycles. The molecule has 2 rings (SSSR count). The number of nitrogens with zero attached hydrogens (tertiary/aromatic N) is 3. The van der Waals surface area contributed by atoms with Gasteiger partial charge in [-0.25, -0.2) is 9.78 Å². The molecule has 0 amide bonds. The van der Waals surface area contributed by atoms with E-state index < -0.39 is 40.0 Å². The summed E-state index contributed by atoms with van der Waals surface area (Å²) < 4.78 is 47.2. The van der Waals surface area contributed by atoms with Gasteiger partial charge in [-0.05, 0) is 12.1 Å². The van der Waals surface area contributed by atoms with E-state index in [1.165, 1.54) is 0 Å². The molecule has 0 unspecified atom stereocenters. The molecule has 24 heavy (non-hydrogen) atoms. The van der Waals surface area contributed by atoms with E-state index in [-0.39, 0.29) is 5.75 Å². The zero-order chi connectivity index (χ0) is 17.9. The number of alkyl halides is 3. The van der Waals surface area contributed by atoms with Gasteiger partial charge in [-0.3, -0.25) is 10.1 Å². The van der Waals surface area contributed by atoms with E-state index in [0.29, 0.717) is 6.07 Å². The van der Waals surface area contributed by atoms with Gasteiger partial charge in [-0.1, -0.05) is 0 Å². The maximum atomic E-state index is 12.6. The highest BCUT2D eigenvalue weighted by molar-refractivity contribution is 5.94. The van der Waals surface area contributed by atoms with Gasteiger partial charge in [0.25, 0.3) is 5.69 Å². The molecule has 0 aliphatic rings. The highest BCUT2D eigenvalue weighted by atomic mass is 19.4. The Kier molecular flexibility index (Phi) is 4.62. The van der Waals surface area contributed by atoms with Crippen molar-refractivity contribution in [3.63, 3.8) is 0 Å². The quantitative estimate of drug-likeness (QED) is 0.477. The van der Waals surface area contributed by atoms with Gasteiger partial charge in [-0.15, -0.1) is 0 Å². The molecule has 8 nitrogen and oxygen atoms in total. The number of esters is 1. The van der Waals surface area contributed by atoms with E-state index in [0.717, 1.165) is 31.5 Å². The molecule has 126 valence electrons. The average molecular weight is 343 g/mol. The van der Waals surface area contributed by atoms with Gasteiger partial charge in [0, 0.05) is 18.3 Å². The van der Waals surface area contributed by atoms with Crippen LogP contribution in [0.15, 0.2) is 30.5 Å². The van der Waals surface area contributed by atoms with Crippen LogP contribution in [0.1, 0.15) is 16.1 Å². The van der Waals surface area contributed by atoms with Crippen molar-refractivity contribution in [3.8, 4) is 11.8 Å². The number of rotatable bonds is 4. The average Bonchev–Trinajstić information content (AvgIpc) is 2.53. The molecule has 0 fully saturated rings. The number of carbonyl (C=O) groups is 1. The van der Waals surface area contributed by atoms with Gasteiger partial charge in [0.15, 0.2) is 5.69 Å². The fourth-order valence-corrected chi connectivity index (χ4v) is 1.66. The van der Waals surface area contributed by atoms with Gasteiger partial charge in [0.2, 0.25) is 0 Å². The van der Waals surface area contributed by atoms with Crippen molar-refractivity contribution in [2.75, 3.05) is 7.11 Å². The maximum Gasteiger partial charge on any atom is 0.433 e. The molecule has 0 spiro atoms. The number of hydrogen-bond donors (Lipinski definition) is 0. The first-order valence-electron chi connectivity index (χ1n) is 6.17. The van der Waals surface area contributed by atoms with Crippen LogP contribution in [0.25, 0.3) is 0 Å². The largest absolute Gasteiger partial charge is 0.465 e. The third kappa shape index (κ3) is 3.74. The Labute approximate surface area is 132 Å².